The maximum absolute atomic E-state index is 12.6. The van der Waals surface area contributed by atoms with E-state index in [1.54, 1.807) is 0 Å². The van der Waals surface area contributed by atoms with E-state index in [1.165, 1.54) is 24.3 Å². The highest BCUT2D eigenvalue weighted by Crippen LogP contribution is 2.17. The molecule has 168 valence electrons. The van der Waals surface area contributed by atoms with Gasteiger partial charge in [-0.2, -0.15) is 4.98 Å². The Morgan fingerprint density at radius 3 is 2.52 bits per heavy atom. The van der Waals surface area contributed by atoms with Crippen molar-refractivity contribution < 1.29 is 22.5 Å². The predicted molar refractivity (Wildman–Crippen MR) is 120 cm³/mol. The van der Waals surface area contributed by atoms with Crippen LogP contribution in [-0.4, -0.2) is 24.5 Å². The van der Waals surface area contributed by atoms with Crippen molar-refractivity contribution in [3.8, 4) is 11.4 Å². The molecule has 0 aliphatic heterocycles. The number of benzene rings is 3. The number of hydrogen-bond donors (Lipinski definition) is 1. The Balaban J connectivity index is 1.39. The number of sulfonamides is 1. The van der Waals surface area contributed by atoms with Crippen molar-refractivity contribution >= 4 is 16.0 Å². The molecule has 0 unspecified atom stereocenters. The summed E-state index contributed by atoms with van der Waals surface area (Å²) in [4.78, 5) is 16.7. The van der Waals surface area contributed by atoms with Crippen molar-refractivity contribution in [1.29, 1.82) is 0 Å². The molecular formula is C24H21N3O5S. The minimum Gasteiger partial charge on any atom is -0.452 e. The van der Waals surface area contributed by atoms with Crippen LogP contribution in [0.3, 0.4) is 0 Å². The lowest BCUT2D eigenvalue weighted by Gasteiger charge is -2.08. The molecule has 9 heteroatoms. The van der Waals surface area contributed by atoms with Gasteiger partial charge in [0.2, 0.25) is 15.8 Å². The molecule has 8 nitrogen and oxygen atoms in total. The molecule has 0 radical (unpaired) electrons. The molecule has 1 N–H and O–H groups in total. The third-order valence-electron chi connectivity index (χ3n) is 4.79. The van der Waals surface area contributed by atoms with Crippen molar-refractivity contribution in [2.24, 2.45) is 0 Å². The molecule has 1 heterocycles. The molecule has 33 heavy (non-hydrogen) atoms. The summed E-state index contributed by atoms with van der Waals surface area (Å²) in [5, 5.41) is 3.89. The number of aryl methyl sites for hydroxylation is 1. The van der Waals surface area contributed by atoms with Crippen LogP contribution < -0.4 is 4.72 Å². The van der Waals surface area contributed by atoms with Gasteiger partial charge in [-0.3, -0.25) is 0 Å². The highest BCUT2D eigenvalue weighted by Gasteiger charge is 2.18. The number of rotatable bonds is 8. The van der Waals surface area contributed by atoms with E-state index in [4.69, 9.17) is 9.26 Å². The summed E-state index contributed by atoms with van der Waals surface area (Å²) in [6.45, 7) is 1.88. The van der Waals surface area contributed by atoms with Gasteiger partial charge >= 0.3 is 5.97 Å². The van der Waals surface area contributed by atoms with Crippen molar-refractivity contribution in [3.63, 3.8) is 0 Å². The van der Waals surface area contributed by atoms with Gasteiger partial charge in [-0.25, -0.2) is 17.9 Å². The molecule has 0 amide bonds. The number of carbonyl (C=O) groups is 1. The standard InChI is InChI=1S/C24H21N3O5S/c1-17-10-12-19(13-11-17)23-26-22(32-27-23)16-31-24(28)20-8-5-9-21(14-20)33(29,30)25-15-18-6-3-2-4-7-18/h2-14,25H,15-16H2,1H3. The van der Waals surface area contributed by atoms with Crippen LogP contribution in [0.5, 0.6) is 0 Å². The zero-order valence-corrected chi connectivity index (χ0v) is 18.6. The van der Waals surface area contributed by atoms with E-state index in [1.807, 2.05) is 61.5 Å². The molecule has 4 rings (SSSR count). The molecule has 0 spiro atoms. The first-order valence-electron chi connectivity index (χ1n) is 10.1. The Morgan fingerprint density at radius 2 is 1.76 bits per heavy atom. The molecule has 0 fully saturated rings. The van der Waals surface area contributed by atoms with Crippen molar-refractivity contribution in [2.45, 2.75) is 25.0 Å². The number of carbonyl (C=O) groups excluding carboxylic acids is 1. The van der Waals surface area contributed by atoms with E-state index in [2.05, 4.69) is 14.9 Å². The summed E-state index contributed by atoms with van der Waals surface area (Å²) in [5.41, 5.74) is 2.80. The molecule has 0 bridgehead atoms. The smallest absolute Gasteiger partial charge is 0.338 e. The van der Waals surface area contributed by atoms with E-state index in [0.29, 0.717) is 5.82 Å². The third kappa shape index (κ3) is 5.71. The van der Waals surface area contributed by atoms with Crippen LogP contribution >= 0.6 is 0 Å². The van der Waals surface area contributed by atoms with Gasteiger partial charge in [-0.1, -0.05) is 71.4 Å². The fraction of sp³-hybridized carbons (Fsp3) is 0.125. The Labute approximate surface area is 191 Å². The Kier molecular flexibility index (Phi) is 6.62. The monoisotopic (exact) mass is 463 g/mol. The van der Waals surface area contributed by atoms with Crippen LogP contribution in [0, 0.1) is 6.92 Å². The highest BCUT2D eigenvalue weighted by atomic mass is 32.2. The topological polar surface area (TPSA) is 111 Å². The lowest BCUT2D eigenvalue weighted by atomic mass is 10.1. The molecule has 0 aliphatic rings. The molecule has 0 aliphatic carbocycles. The van der Waals surface area contributed by atoms with Crippen molar-refractivity contribution in [3.05, 3.63) is 101 Å². The molecular weight excluding hydrogens is 442 g/mol. The minimum atomic E-state index is -3.81. The fourth-order valence-electron chi connectivity index (χ4n) is 2.99. The number of nitrogens with zero attached hydrogens (tertiary/aromatic N) is 2. The third-order valence-corrected chi connectivity index (χ3v) is 6.19. The van der Waals surface area contributed by atoms with Crippen LogP contribution in [0.4, 0.5) is 0 Å². The minimum absolute atomic E-state index is 0.0349. The lowest BCUT2D eigenvalue weighted by Crippen LogP contribution is -2.23. The molecule has 0 saturated carbocycles. The van der Waals surface area contributed by atoms with E-state index in [0.717, 1.165) is 16.7 Å². The van der Waals surface area contributed by atoms with Crippen molar-refractivity contribution in [1.82, 2.24) is 14.9 Å². The van der Waals surface area contributed by atoms with Gasteiger partial charge in [0.25, 0.3) is 5.89 Å². The largest absolute Gasteiger partial charge is 0.452 e. The average Bonchev–Trinajstić information content (AvgIpc) is 3.31. The molecule has 3 aromatic carbocycles. The van der Waals surface area contributed by atoms with Gasteiger partial charge < -0.3 is 9.26 Å². The summed E-state index contributed by atoms with van der Waals surface area (Å²) in [5.74, 6) is -0.184. The van der Waals surface area contributed by atoms with Crippen LogP contribution in [-0.2, 0) is 27.9 Å². The van der Waals surface area contributed by atoms with Gasteiger partial charge in [-0.05, 0) is 30.7 Å². The Hall–Kier alpha value is -3.82. The summed E-state index contributed by atoms with van der Waals surface area (Å²) in [7, 11) is -3.81. The maximum atomic E-state index is 12.6. The summed E-state index contributed by atoms with van der Waals surface area (Å²) in [6, 6.07) is 22.4. The van der Waals surface area contributed by atoms with Gasteiger partial charge in [0, 0.05) is 12.1 Å². The second kappa shape index (κ2) is 9.76. The Morgan fingerprint density at radius 1 is 1.00 bits per heavy atom. The SMILES string of the molecule is Cc1ccc(-c2noc(COC(=O)c3cccc(S(=O)(=O)NCc4ccccc4)c3)n2)cc1. The van der Waals surface area contributed by atoms with Gasteiger partial charge in [0.15, 0.2) is 6.61 Å². The molecule has 0 saturated heterocycles. The van der Waals surface area contributed by atoms with E-state index in [-0.39, 0.29) is 29.5 Å². The number of esters is 1. The van der Waals surface area contributed by atoms with Crippen LogP contribution in [0.1, 0.15) is 27.4 Å². The van der Waals surface area contributed by atoms with E-state index in [9.17, 15) is 13.2 Å². The number of aromatic nitrogens is 2. The fourth-order valence-corrected chi connectivity index (χ4v) is 4.05. The summed E-state index contributed by atoms with van der Waals surface area (Å²) in [6.07, 6.45) is 0. The van der Waals surface area contributed by atoms with Gasteiger partial charge in [0.05, 0.1) is 10.5 Å². The molecule has 4 aromatic rings. The first kappa shape index (κ1) is 22.4. The average molecular weight is 464 g/mol. The zero-order valence-electron chi connectivity index (χ0n) is 17.8. The maximum Gasteiger partial charge on any atom is 0.338 e. The molecule has 1 aromatic heterocycles. The molecule has 0 atom stereocenters. The van der Waals surface area contributed by atoms with Crippen molar-refractivity contribution in [2.75, 3.05) is 0 Å². The lowest BCUT2D eigenvalue weighted by molar-refractivity contribution is 0.0429. The van der Waals surface area contributed by atoms with Gasteiger partial charge in [-0.15, -0.1) is 0 Å². The Bertz CT molecular complexity index is 1350. The quantitative estimate of drug-likeness (QED) is 0.395. The first-order chi connectivity index (χ1) is 15.9. The highest BCUT2D eigenvalue weighted by molar-refractivity contribution is 7.89. The second-order valence-corrected chi connectivity index (χ2v) is 9.06. The summed E-state index contributed by atoms with van der Waals surface area (Å²) < 4.78 is 38.1. The van der Waals surface area contributed by atoms with Crippen LogP contribution in [0.2, 0.25) is 0 Å². The normalized spacial score (nSPS) is 11.3. The van der Waals surface area contributed by atoms with Crippen LogP contribution in [0.25, 0.3) is 11.4 Å². The number of nitrogens with one attached hydrogen (secondary N) is 1. The van der Waals surface area contributed by atoms with Crippen LogP contribution in [0.15, 0.2) is 88.3 Å². The predicted octanol–water partition coefficient (Wildman–Crippen LogP) is 3.88. The number of hydrogen-bond acceptors (Lipinski definition) is 7. The summed E-state index contributed by atoms with van der Waals surface area (Å²) >= 11 is 0. The van der Waals surface area contributed by atoms with Gasteiger partial charge in [0.1, 0.15) is 0 Å². The van der Waals surface area contributed by atoms with E-state index < -0.39 is 16.0 Å². The zero-order chi connectivity index (χ0) is 23.3. The van der Waals surface area contributed by atoms with E-state index >= 15 is 0 Å². The second-order valence-electron chi connectivity index (χ2n) is 7.29. The number of ether oxygens (including phenoxy) is 1. The first-order valence-corrected chi connectivity index (χ1v) is 11.6.